The Hall–Kier alpha value is -4.41. The number of rotatable bonds is 7. The third-order valence-corrected chi connectivity index (χ3v) is 6.94. The molecule has 0 N–H and O–H groups in total. The van der Waals surface area contributed by atoms with E-state index in [1.165, 1.54) is 30.3 Å². The molecule has 4 aromatic rings. The molecule has 1 saturated heterocycles. The van der Waals surface area contributed by atoms with Crippen LogP contribution in [0, 0.1) is 22.9 Å². The fraction of sp³-hybridized carbons (Fsp3) is 0.357. The normalized spacial score (nSPS) is 14.0. The van der Waals surface area contributed by atoms with Crippen molar-refractivity contribution in [2.45, 2.75) is 39.5 Å². The minimum Gasteiger partial charge on any atom is -0.354 e. The van der Waals surface area contributed by atoms with Crippen LogP contribution in [0.2, 0.25) is 0 Å². The number of aromatic nitrogens is 4. The molecule has 0 radical (unpaired) electrons. The number of unbranched alkanes of at least 4 members (excludes halogenated alkanes) is 1. The van der Waals surface area contributed by atoms with Gasteiger partial charge in [-0.05, 0) is 50.1 Å². The Morgan fingerprint density at radius 1 is 1.08 bits per heavy atom. The van der Waals surface area contributed by atoms with E-state index in [-0.39, 0.29) is 17.4 Å². The first kappa shape index (κ1) is 26.2. The highest BCUT2D eigenvalue weighted by Crippen LogP contribution is 2.30. The molecule has 0 bridgehead atoms. The number of carbonyl (C=O) groups is 1. The van der Waals surface area contributed by atoms with Gasteiger partial charge in [0, 0.05) is 50.3 Å². The first-order valence-electron chi connectivity index (χ1n) is 13.2. The van der Waals surface area contributed by atoms with E-state index in [9.17, 15) is 19.3 Å². The Morgan fingerprint density at radius 2 is 1.87 bits per heavy atom. The average molecular weight is 532 g/mol. The van der Waals surface area contributed by atoms with Crippen LogP contribution in [-0.2, 0) is 6.42 Å². The zero-order valence-corrected chi connectivity index (χ0v) is 22.0. The molecule has 5 rings (SSSR count). The van der Waals surface area contributed by atoms with Crippen molar-refractivity contribution in [3.05, 3.63) is 81.5 Å². The van der Waals surface area contributed by atoms with E-state index in [0.717, 1.165) is 42.0 Å². The van der Waals surface area contributed by atoms with Gasteiger partial charge in [0.15, 0.2) is 5.65 Å². The summed E-state index contributed by atoms with van der Waals surface area (Å²) in [6.45, 7) is 6.23. The second-order valence-corrected chi connectivity index (χ2v) is 9.68. The van der Waals surface area contributed by atoms with Crippen LogP contribution in [0.5, 0.6) is 0 Å². The van der Waals surface area contributed by atoms with Gasteiger partial charge in [-0.2, -0.15) is 5.10 Å². The van der Waals surface area contributed by atoms with Crippen LogP contribution in [0.4, 0.5) is 15.9 Å². The quantitative estimate of drug-likeness (QED) is 0.247. The molecule has 1 aliphatic rings. The molecule has 0 spiro atoms. The van der Waals surface area contributed by atoms with E-state index in [4.69, 9.17) is 15.1 Å². The van der Waals surface area contributed by atoms with Crippen molar-refractivity contribution in [1.29, 1.82) is 0 Å². The summed E-state index contributed by atoms with van der Waals surface area (Å²) in [5.74, 6) is 0.954. The van der Waals surface area contributed by atoms with Gasteiger partial charge in [0.1, 0.15) is 17.5 Å². The van der Waals surface area contributed by atoms with Crippen LogP contribution >= 0.6 is 0 Å². The monoisotopic (exact) mass is 531 g/mol. The third-order valence-electron chi connectivity index (χ3n) is 6.94. The van der Waals surface area contributed by atoms with Crippen molar-refractivity contribution in [3.8, 4) is 5.69 Å². The number of anilines is 1. The number of halogens is 1. The van der Waals surface area contributed by atoms with E-state index >= 15 is 0 Å². The number of nitrogens with zero attached hydrogens (tertiary/aromatic N) is 7. The number of aryl methyl sites for hydroxylation is 2. The average Bonchev–Trinajstić information content (AvgIpc) is 3.11. The highest BCUT2D eigenvalue weighted by atomic mass is 19.1. The Labute approximate surface area is 225 Å². The van der Waals surface area contributed by atoms with Gasteiger partial charge in [0.2, 0.25) is 0 Å². The van der Waals surface area contributed by atoms with Crippen molar-refractivity contribution in [1.82, 2.24) is 24.6 Å². The summed E-state index contributed by atoms with van der Waals surface area (Å²) in [4.78, 5) is 37.6. The van der Waals surface area contributed by atoms with Crippen LogP contribution in [0.3, 0.4) is 0 Å². The first-order chi connectivity index (χ1) is 18.9. The lowest BCUT2D eigenvalue weighted by atomic mass is 10.1. The first-order valence-corrected chi connectivity index (χ1v) is 13.2. The number of non-ortho nitro benzene ring substituents is 1. The standard InChI is InChI=1S/C28H30FN7O3/c1-3-4-9-24-30-26(25-19(2)32-35(27(25)31-24)22-12-10-21(29)11-13-22)33-14-6-15-34(17-16-33)28(37)20-7-5-8-23(18-20)36(38)39/h5,7-8,10-13,18H,3-4,6,9,14-17H2,1-2H3. The topological polar surface area (TPSA) is 110 Å². The molecule has 10 nitrogen and oxygen atoms in total. The molecular weight excluding hydrogens is 501 g/mol. The van der Waals surface area contributed by atoms with E-state index in [1.807, 2.05) is 6.92 Å². The molecule has 0 unspecified atom stereocenters. The van der Waals surface area contributed by atoms with Crippen LogP contribution in [0.1, 0.15) is 48.1 Å². The molecule has 0 saturated carbocycles. The minimum atomic E-state index is -0.494. The second kappa shape index (κ2) is 11.1. The van der Waals surface area contributed by atoms with E-state index in [2.05, 4.69) is 11.8 Å². The molecule has 1 amide bonds. The largest absolute Gasteiger partial charge is 0.354 e. The number of carbonyl (C=O) groups excluding carboxylic acids is 1. The molecule has 2 aromatic carbocycles. The SMILES string of the molecule is CCCCc1nc(N2CCCN(C(=O)c3cccc([N+](=O)[O-])c3)CC2)c2c(C)nn(-c3ccc(F)cc3)c2n1. The van der Waals surface area contributed by atoms with Gasteiger partial charge in [-0.3, -0.25) is 14.9 Å². The number of hydrogen-bond donors (Lipinski definition) is 0. The summed E-state index contributed by atoms with van der Waals surface area (Å²) in [6, 6.07) is 12.0. The maximum Gasteiger partial charge on any atom is 0.270 e. The maximum absolute atomic E-state index is 13.6. The minimum absolute atomic E-state index is 0.103. The predicted molar refractivity (Wildman–Crippen MR) is 146 cm³/mol. The number of benzene rings is 2. The van der Waals surface area contributed by atoms with Crippen molar-refractivity contribution in [2.24, 2.45) is 0 Å². The summed E-state index contributed by atoms with van der Waals surface area (Å²) < 4.78 is 15.3. The number of fused-ring (bicyclic) bond motifs is 1. The van der Waals surface area contributed by atoms with Crippen molar-refractivity contribution >= 4 is 28.4 Å². The number of amides is 1. The second-order valence-electron chi connectivity index (χ2n) is 9.68. The van der Waals surface area contributed by atoms with Crippen LogP contribution < -0.4 is 4.90 Å². The highest BCUT2D eigenvalue weighted by Gasteiger charge is 2.26. The fourth-order valence-electron chi connectivity index (χ4n) is 4.91. The molecule has 0 aliphatic carbocycles. The number of nitro groups is 1. The summed E-state index contributed by atoms with van der Waals surface area (Å²) in [6.07, 6.45) is 3.38. The molecule has 1 aliphatic heterocycles. The highest BCUT2D eigenvalue weighted by molar-refractivity contribution is 5.95. The van der Waals surface area contributed by atoms with Crippen LogP contribution in [0.15, 0.2) is 48.5 Å². The molecule has 0 atom stereocenters. The number of nitro benzene ring substituents is 1. The zero-order chi connectivity index (χ0) is 27.5. The van der Waals surface area contributed by atoms with Gasteiger partial charge < -0.3 is 9.80 Å². The smallest absolute Gasteiger partial charge is 0.270 e. The molecule has 2 aromatic heterocycles. The number of hydrogen-bond acceptors (Lipinski definition) is 7. The van der Waals surface area contributed by atoms with Crippen LogP contribution in [0.25, 0.3) is 16.7 Å². The van der Waals surface area contributed by atoms with Gasteiger partial charge in [0.25, 0.3) is 11.6 Å². The lowest BCUT2D eigenvalue weighted by Crippen LogP contribution is -2.35. The predicted octanol–water partition coefficient (Wildman–Crippen LogP) is 4.87. The Kier molecular flexibility index (Phi) is 7.49. The summed E-state index contributed by atoms with van der Waals surface area (Å²) >= 11 is 0. The molecule has 3 heterocycles. The Balaban J connectivity index is 1.47. The van der Waals surface area contributed by atoms with E-state index in [0.29, 0.717) is 49.5 Å². The third kappa shape index (κ3) is 5.43. The van der Waals surface area contributed by atoms with Gasteiger partial charge in [-0.25, -0.2) is 19.0 Å². The lowest BCUT2D eigenvalue weighted by molar-refractivity contribution is -0.384. The maximum atomic E-state index is 13.6. The molecular formula is C28H30FN7O3. The lowest BCUT2D eigenvalue weighted by Gasteiger charge is -2.24. The zero-order valence-electron chi connectivity index (χ0n) is 22.0. The van der Waals surface area contributed by atoms with E-state index < -0.39 is 4.92 Å². The van der Waals surface area contributed by atoms with Crippen LogP contribution in [-0.4, -0.2) is 61.7 Å². The fourth-order valence-corrected chi connectivity index (χ4v) is 4.91. The van der Waals surface area contributed by atoms with Gasteiger partial charge in [-0.1, -0.05) is 19.4 Å². The Morgan fingerprint density at radius 3 is 2.62 bits per heavy atom. The van der Waals surface area contributed by atoms with E-state index in [1.54, 1.807) is 27.8 Å². The summed E-state index contributed by atoms with van der Waals surface area (Å²) in [7, 11) is 0. The van der Waals surface area contributed by atoms with Crippen molar-refractivity contribution in [2.75, 3.05) is 31.1 Å². The summed E-state index contributed by atoms with van der Waals surface area (Å²) in [5, 5.41) is 16.8. The molecule has 39 heavy (non-hydrogen) atoms. The van der Waals surface area contributed by atoms with Gasteiger partial charge in [0.05, 0.1) is 21.7 Å². The van der Waals surface area contributed by atoms with Gasteiger partial charge in [-0.15, -0.1) is 0 Å². The van der Waals surface area contributed by atoms with Crippen molar-refractivity contribution < 1.29 is 14.1 Å². The Bertz CT molecular complexity index is 1520. The molecule has 202 valence electrons. The van der Waals surface area contributed by atoms with Crippen molar-refractivity contribution in [3.63, 3.8) is 0 Å². The molecule has 1 fully saturated rings. The molecule has 11 heteroatoms. The van der Waals surface area contributed by atoms with Gasteiger partial charge >= 0.3 is 0 Å². The summed E-state index contributed by atoms with van der Waals surface area (Å²) in [5.41, 5.74) is 2.35.